The van der Waals surface area contributed by atoms with E-state index in [1.807, 2.05) is 18.2 Å². The number of fused-ring (bicyclic) bond motifs is 1. The summed E-state index contributed by atoms with van der Waals surface area (Å²) in [7, 11) is 1.38. The van der Waals surface area contributed by atoms with Crippen LogP contribution in [0.5, 0.6) is 5.75 Å². The Morgan fingerprint density at radius 3 is 2.67 bits per heavy atom. The predicted molar refractivity (Wildman–Crippen MR) is 123 cm³/mol. The normalized spacial score (nSPS) is 19.3. The summed E-state index contributed by atoms with van der Waals surface area (Å²) in [6.45, 7) is 2.03. The first-order valence-corrected chi connectivity index (χ1v) is 11.4. The quantitative estimate of drug-likeness (QED) is 0.620. The molecule has 0 spiro atoms. The maximum Gasteiger partial charge on any atom is 0.409 e. The predicted octanol–water partition coefficient (Wildman–Crippen LogP) is 2.10. The topological polar surface area (TPSA) is 100 Å². The molecule has 0 aliphatic carbocycles. The Labute approximate surface area is 193 Å². The minimum Gasteiger partial charge on any atom is -0.490 e. The van der Waals surface area contributed by atoms with Gasteiger partial charge < -0.3 is 30.1 Å². The van der Waals surface area contributed by atoms with Crippen molar-refractivity contribution in [1.82, 2.24) is 15.5 Å². The summed E-state index contributed by atoms with van der Waals surface area (Å²) in [6, 6.07) is 15.1. The van der Waals surface area contributed by atoms with E-state index in [1.165, 1.54) is 18.2 Å². The molecule has 0 aromatic heterocycles. The first-order valence-electron chi connectivity index (χ1n) is 11.4. The van der Waals surface area contributed by atoms with Gasteiger partial charge in [-0.25, -0.2) is 4.79 Å². The molecule has 2 unspecified atom stereocenters. The molecule has 2 amide bonds. The number of aliphatic hydroxyl groups excluding tert-OH is 1. The number of hydrogen-bond donors (Lipinski definition) is 3. The Balaban J connectivity index is 1.26. The van der Waals surface area contributed by atoms with Crippen molar-refractivity contribution in [3.8, 4) is 5.75 Å². The summed E-state index contributed by atoms with van der Waals surface area (Å²) >= 11 is 0. The Bertz CT molecular complexity index is 974. The monoisotopic (exact) mass is 453 g/mol. The van der Waals surface area contributed by atoms with Crippen LogP contribution in [0.2, 0.25) is 0 Å². The molecule has 2 atom stereocenters. The lowest BCUT2D eigenvalue weighted by Crippen LogP contribution is -2.49. The molecule has 2 heterocycles. The number of ether oxygens (including phenoxy) is 2. The van der Waals surface area contributed by atoms with Gasteiger partial charge in [0.25, 0.3) is 5.91 Å². The molecule has 2 aromatic rings. The highest BCUT2D eigenvalue weighted by molar-refractivity contribution is 5.94. The summed E-state index contributed by atoms with van der Waals surface area (Å²) in [5.41, 5.74) is 2.96. The molecule has 2 aromatic carbocycles. The molecule has 4 rings (SSSR count). The van der Waals surface area contributed by atoms with E-state index in [-0.39, 0.29) is 30.7 Å². The van der Waals surface area contributed by atoms with Gasteiger partial charge in [-0.1, -0.05) is 30.3 Å². The number of likely N-dealkylation sites (tertiary alicyclic amines) is 1. The largest absolute Gasteiger partial charge is 0.490 e. The van der Waals surface area contributed by atoms with E-state index < -0.39 is 6.10 Å². The lowest BCUT2D eigenvalue weighted by atomic mass is 9.93. The average molecular weight is 454 g/mol. The van der Waals surface area contributed by atoms with Crippen molar-refractivity contribution < 1.29 is 24.2 Å². The maximum atomic E-state index is 12.7. The van der Waals surface area contributed by atoms with Gasteiger partial charge in [-0.05, 0) is 35.7 Å². The summed E-state index contributed by atoms with van der Waals surface area (Å²) < 4.78 is 10.8. The van der Waals surface area contributed by atoms with Crippen molar-refractivity contribution in [3.05, 3.63) is 65.2 Å². The third kappa shape index (κ3) is 5.83. The zero-order valence-corrected chi connectivity index (χ0v) is 18.8. The average Bonchev–Trinajstić information content (AvgIpc) is 2.87. The number of carbonyl (C=O) groups excluding carboxylic acids is 2. The molecular weight excluding hydrogens is 422 g/mol. The SMILES string of the molecule is COC(=O)N1CCC(Oc2cccc(C(=O)NCC(O)C3Cc4ccccc4CN3)c2)CC1. The second kappa shape index (κ2) is 10.7. The van der Waals surface area contributed by atoms with E-state index in [2.05, 4.69) is 22.8 Å². The number of piperidine rings is 1. The highest BCUT2D eigenvalue weighted by Gasteiger charge is 2.26. The van der Waals surface area contributed by atoms with Crippen LogP contribution in [0.4, 0.5) is 4.79 Å². The van der Waals surface area contributed by atoms with Crippen molar-refractivity contribution in [2.45, 2.75) is 44.1 Å². The van der Waals surface area contributed by atoms with Gasteiger partial charge in [0.1, 0.15) is 11.9 Å². The summed E-state index contributed by atoms with van der Waals surface area (Å²) in [4.78, 5) is 25.9. The van der Waals surface area contributed by atoms with E-state index in [0.29, 0.717) is 43.8 Å². The van der Waals surface area contributed by atoms with Crippen molar-refractivity contribution in [2.75, 3.05) is 26.7 Å². The van der Waals surface area contributed by atoms with Gasteiger partial charge in [-0.3, -0.25) is 4.79 Å². The van der Waals surface area contributed by atoms with Crippen LogP contribution in [0.25, 0.3) is 0 Å². The molecule has 0 radical (unpaired) electrons. The molecule has 8 nitrogen and oxygen atoms in total. The van der Waals surface area contributed by atoms with Gasteiger partial charge in [0.2, 0.25) is 0 Å². The number of nitrogens with zero attached hydrogens (tertiary/aromatic N) is 1. The minimum atomic E-state index is -0.693. The first-order chi connectivity index (χ1) is 16.0. The van der Waals surface area contributed by atoms with Crippen LogP contribution < -0.4 is 15.4 Å². The van der Waals surface area contributed by atoms with Gasteiger partial charge in [-0.15, -0.1) is 0 Å². The molecular formula is C25H31N3O5. The van der Waals surface area contributed by atoms with Gasteiger partial charge in [0.15, 0.2) is 0 Å². The minimum absolute atomic E-state index is 0.0220. The number of benzene rings is 2. The molecule has 3 N–H and O–H groups in total. The zero-order valence-electron chi connectivity index (χ0n) is 18.8. The first kappa shape index (κ1) is 23.1. The Morgan fingerprint density at radius 1 is 1.15 bits per heavy atom. The number of amides is 2. The highest BCUT2D eigenvalue weighted by atomic mass is 16.5. The standard InChI is InChI=1S/C25H31N3O5/c1-32-25(31)28-11-9-20(10-12-28)33-21-8-4-7-18(13-21)24(30)27-16-23(29)22-14-17-5-2-3-6-19(17)15-26-22/h2-8,13,20,22-23,26,29H,9-12,14-16H2,1H3,(H,27,30). The van der Waals surface area contributed by atoms with Crippen LogP contribution in [0, 0.1) is 0 Å². The second-order valence-electron chi connectivity index (χ2n) is 8.54. The number of aliphatic hydroxyl groups is 1. The van der Waals surface area contributed by atoms with Crippen molar-refractivity contribution >= 4 is 12.0 Å². The van der Waals surface area contributed by atoms with Gasteiger partial charge in [0.05, 0.1) is 13.2 Å². The Hall–Kier alpha value is -3.10. The maximum absolute atomic E-state index is 12.7. The number of nitrogens with one attached hydrogen (secondary N) is 2. The van der Waals surface area contributed by atoms with E-state index in [0.717, 1.165) is 6.42 Å². The van der Waals surface area contributed by atoms with E-state index in [1.54, 1.807) is 23.1 Å². The molecule has 0 saturated carbocycles. The van der Waals surface area contributed by atoms with Crippen molar-refractivity contribution in [3.63, 3.8) is 0 Å². The lowest BCUT2D eigenvalue weighted by Gasteiger charge is -2.31. The molecule has 0 bridgehead atoms. The third-order valence-corrected chi connectivity index (χ3v) is 6.32. The fraction of sp³-hybridized carbons (Fsp3) is 0.440. The molecule has 1 fully saturated rings. The summed E-state index contributed by atoms with van der Waals surface area (Å²) in [6.07, 6.45) is 1.10. The zero-order chi connectivity index (χ0) is 23.2. The van der Waals surface area contributed by atoms with Gasteiger partial charge in [-0.2, -0.15) is 0 Å². The summed E-state index contributed by atoms with van der Waals surface area (Å²) in [5.74, 6) is 0.362. The Kier molecular flexibility index (Phi) is 7.47. The van der Waals surface area contributed by atoms with Crippen LogP contribution in [-0.2, 0) is 17.7 Å². The Morgan fingerprint density at radius 2 is 1.91 bits per heavy atom. The number of methoxy groups -OCH3 is 1. The van der Waals surface area contributed by atoms with Crippen LogP contribution in [0.15, 0.2) is 48.5 Å². The van der Waals surface area contributed by atoms with Crippen molar-refractivity contribution in [2.24, 2.45) is 0 Å². The van der Waals surface area contributed by atoms with Crippen LogP contribution in [0.1, 0.15) is 34.3 Å². The number of hydrogen-bond acceptors (Lipinski definition) is 6. The van der Waals surface area contributed by atoms with Crippen molar-refractivity contribution in [1.29, 1.82) is 0 Å². The van der Waals surface area contributed by atoms with Gasteiger partial charge in [0, 0.05) is 50.6 Å². The second-order valence-corrected chi connectivity index (χ2v) is 8.54. The molecule has 1 saturated heterocycles. The molecule has 33 heavy (non-hydrogen) atoms. The smallest absolute Gasteiger partial charge is 0.409 e. The van der Waals surface area contributed by atoms with E-state index in [4.69, 9.17) is 9.47 Å². The number of rotatable bonds is 6. The highest BCUT2D eigenvalue weighted by Crippen LogP contribution is 2.21. The molecule has 8 heteroatoms. The number of carbonyl (C=O) groups is 2. The molecule has 176 valence electrons. The van der Waals surface area contributed by atoms with Gasteiger partial charge >= 0.3 is 6.09 Å². The fourth-order valence-corrected chi connectivity index (χ4v) is 4.38. The molecule has 2 aliphatic rings. The summed E-state index contributed by atoms with van der Waals surface area (Å²) in [5, 5.41) is 16.8. The fourth-order valence-electron chi connectivity index (χ4n) is 4.38. The lowest BCUT2D eigenvalue weighted by molar-refractivity contribution is 0.0786. The van der Waals surface area contributed by atoms with Crippen LogP contribution in [0.3, 0.4) is 0 Å². The van der Waals surface area contributed by atoms with E-state index >= 15 is 0 Å². The van der Waals surface area contributed by atoms with Crippen LogP contribution in [-0.4, -0.2) is 67.0 Å². The van der Waals surface area contributed by atoms with Crippen LogP contribution >= 0.6 is 0 Å². The molecule has 2 aliphatic heterocycles. The third-order valence-electron chi connectivity index (χ3n) is 6.32. The van der Waals surface area contributed by atoms with E-state index in [9.17, 15) is 14.7 Å².